The topological polar surface area (TPSA) is 9.23 Å². The fourth-order valence-corrected chi connectivity index (χ4v) is 2.92. The van der Waals surface area contributed by atoms with E-state index < -0.39 is 63.8 Å². The van der Waals surface area contributed by atoms with Crippen LogP contribution in [0.5, 0.6) is 5.75 Å². The van der Waals surface area contributed by atoms with Gasteiger partial charge < -0.3 is 4.74 Å². The summed E-state index contributed by atoms with van der Waals surface area (Å²) >= 11 is 0. The molecule has 34 heavy (non-hydrogen) atoms. The second-order valence-corrected chi connectivity index (χ2v) is 6.93. The maximum Gasteiger partial charge on any atom is 0.458 e. The summed E-state index contributed by atoms with van der Waals surface area (Å²) in [6, 6.07) is 4.64. The highest BCUT2D eigenvalue weighted by atomic mass is 19.4. The Hall–Kier alpha value is -3.68. The van der Waals surface area contributed by atoms with E-state index in [9.17, 15) is 43.9 Å². The van der Waals surface area contributed by atoms with Crippen molar-refractivity contribution in [1.29, 1.82) is 0 Å². The lowest BCUT2D eigenvalue weighted by Gasteiger charge is -2.20. The summed E-state index contributed by atoms with van der Waals surface area (Å²) in [5.41, 5.74) is -3.51. The minimum absolute atomic E-state index is 0.0727. The molecule has 178 valence electrons. The summed E-state index contributed by atoms with van der Waals surface area (Å²) in [5, 5.41) is 0. The minimum atomic E-state index is -5.08. The molecule has 0 amide bonds. The minimum Gasteiger partial charge on any atom is -0.429 e. The maximum absolute atomic E-state index is 14.5. The van der Waals surface area contributed by atoms with Crippen molar-refractivity contribution in [1.82, 2.24) is 0 Å². The van der Waals surface area contributed by atoms with Crippen LogP contribution in [0.4, 0.5) is 43.9 Å². The van der Waals surface area contributed by atoms with Crippen LogP contribution in [0, 0.1) is 47.9 Å². The van der Waals surface area contributed by atoms with Crippen LogP contribution >= 0.6 is 0 Å². The number of alkyl halides is 5. The zero-order valence-electron chi connectivity index (χ0n) is 16.7. The van der Waals surface area contributed by atoms with Gasteiger partial charge in [0.2, 0.25) is 0 Å². The first-order valence-corrected chi connectivity index (χ1v) is 9.10. The van der Waals surface area contributed by atoms with Gasteiger partial charge in [0.05, 0.1) is 5.56 Å². The van der Waals surface area contributed by atoms with Crippen molar-refractivity contribution in [2.45, 2.75) is 19.2 Å². The number of rotatable bonds is 4. The second-order valence-electron chi connectivity index (χ2n) is 6.93. The molecule has 0 saturated carbocycles. The average molecular weight is 492 g/mol. The lowest BCUT2D eigenvalue weighted by atomic mass is 10.0. The molecule has 0 atom stereocenters. The molecule has 3 aromatic carbocycles. The SMILES string of the molecule is Cc1ccc(-c2cc(F)c(C(F)(F)Oc3cc(F)c(C#CC(F)(F)F)c(F)c3)c(F)c2)c(F)c1. The Morgan fingerprint density at radius 3 is 1.76 bits per heavy atom. The molecule has 0 heterocycles. The van der Waals surface area contributed by atoms with Gasteiger partial charge in [-0.1, -0.05) is 18.1 Å². The zero-order valence-corrected chi connectivity index (χ0v) is 16.7. The van der Waals surface area contributed by atoms with Crippen LogP contribution < -0.4 is 4.74 Å². The third kappa shape index (κ3) is 5.44. The van der Waals surface area contributed by atoms with Crippen molar-refractivity contribution in [2.24, 2.45) is 0 Å². The van der Waals surface area contributed by atoms with Gasteiger partial charge in [-0.05, 0) is 36.2 Å². The van der Waals surface area contributed by atoms with Crippen LogP contribution in [0.3, 0.4) is 0 Å². The third-order valence-electron chi connectivity index (χ3n) is 4.36. The zero-order chi connectivity index (χ0) is 25.4. The highest BCUT2D eigenvalue weighted by Crippen LogP contribution is 2.38. The fraction of sp³-hybridized carbons (Fsp3) is 0.130. The molecule has 0 aliphatic rings. The van der Waals surface area contributed by atoms with Crippen LogP contribution in [0.1, 0.15) is 16.7 Å². The lowest BCUT2D eigenvalue weighted by molar-refractivity contribution is -0.189. The van der Waals surface area contributed by atoms with Gasteiger partial charge in [-0.25, -0.2) is 22.0 Å². The lowest BCUT2D eigenvalue weighted by Crippen LogP contribution is -2.25. The van der Waals surface area contributed by atoms with Crippen molar-refractivity contribution in [3.63, 3.8) is 0 Å². The van der Waals surface area contributed by atoms with E-state index in [2.05, 4.69) is 4.74 Å². The standard InChI is InChI=1S/C23H10F10O/c1-11-2-3-14(16(24)6-11)12-7-19(27)21(20(28)8-12)23(32,33)34-13-9-17(25)15(18(26)10-13)4-5-22(29,30)31/h2-3,6-10H,1H3. The smallest absolute Gasteiger partial charge is 0.429 e. The van der Waals surface area contributed by atoms with Crippen LogP contribution in [-0.2, 0) is 6.11 Å². The Labute approximate surface area is 185 Å². The molecule has 1 nitrogen and oxygen atoms in total. The van der Waals surface area contributed by atoms with E-state index in [0.29, 0.717) is 23.6 Å². The second kappa shape index (κ2) is 8.93. The number of hydrogen-bond donors (Lipinski definition) is 0. The predicted octanol–water partition coefficient (Wildman–Crippen LogP) is 7.40. The molecule has 3 aromatic rings. The molecule has 0 unspecified atom stereocenters. The van der Waals surface area contributed by atoms with Crippen molar-refractivity contribution in [3.8, 4) is 28.7 Å². The van der Waals surface area contributed by atoms with E-state index in [0.717, 1.165) is 6.07 Å². The average Bonchev–Trinajstić information content (AvgIpc) is 2.65. The number of halogens is 10. The Morgan fingerprint density at radius 2 is 1.26 bits per heavy atom. The molecule has 0 aromatic heterocycles. The number of aryl methyl sites for hydroxylation is 1. The molecule has 0 spiro atoms. The van der Waals surface area contributed by atoms with Gasteiger partial charge in [0.25, 0.3) is 0 Å². The normalized spacial score (nSPS) is 11.7. The largest absolute Gasteiger partial charge is 0.458 e. The van der Waals surface area contributed by atoms with Crippen LogP contribution in [0.25, 0.3) is 11.1 Å². The summed E-state index contributed by atoms with van der Waals surface area (Å²) in [7, 11) is 0. The quantitative estimate of drug-likeness (QED) is 0.273. The molecule has 0 fully saturated rings. The van der Waals surface area contributed by atoms with E-state index in [4.69, 9.17) is 0 Å². The van der Waals surface area contributed by atoms with E-state index in [1.54, 1.807) is 6.92 Å². The molecule has 0 aliphatic carbocycles. The first kappa shape index (κ1) is 25.0. The highest BCUT2D eigenvalue weighted by molar-refractivity contribution is 5.65. The van der Waals surface area contributed by atoms with Crippen molar-refractivity contribution >= 4 is 0 Å². The van der Waals surface area contributed by atoms with Crippen molar-refractivity contribution < 1.29 is 48.6 Å². The monoisotopic (exact) mass is 492 g/mol. The fourth-order valence-electron chi connectivity index (χ4n) is 2.92. The summed E-state index contributed by atoms with van der Waals surface area (Å²) in [6.45, 7) is 1.55. The molecular formula is C23H10F10O. The molecule has 0 saturated heterocycles. The van der Waals surface area contributed by atoms with Gasteiger partial charge in [-0.2, -0.15) is 22.0 Å². The molecule has 0 bridgehead atoms. The molecule has 11 heteroatoms. The molecule has 3 rings (SSSR count). The molecule has 0 radical (unpaired) electrons. The first-order valence-electron chi connectivity index (χ1n) is 9.10. The molecular weight excluding hydrogens is 482 g/mol. The number of benzene rings is 3. The maximum atomic E-state index is 14.5. The Kier molecular flexibility index (Phi) is 6.55. The van der Waals surface area contributed by atoms with Crippen LogP contribution in [0.15, 0.2) is 42.5 Å². The summed E-state index contributed by atoms with van der Waals surface area (Å²) in [4.78, 5) is 0. The summed E-state index contributed by atoms with van der Waals surface area (Å²) < 4.78 is 140. The van der Waals surface area contributed by atoms with Gasteiger partial charge >= 0.3 is 12.3 Å². The first-order chi connectivity index (χ1) is 15.7. The van der Waals surface area contributed by atoms with E-state index in [1.807, 2.05) is 0 Å². The third-order valence-corrected chi connectivity index (χ3v) is 4.36. The van der Waals surface area contributed by atoms with E-state index >= 15 is 0 Å². The van der Waals surface area contributed by atoms with Crippen LogP contribution in [0.2, 0.25) is 0 Å². The predicted molar refractivity (Wildman–Crippen MR) is 100 cm³/mol. The van der Waals surface area contributed by atoms with Crippen molar-refractivity contribution in [3.05, 3.63) is 88.2 Å². The Morgan fingerprint density at radius 1 is 0.706 bits per heavy atom. The van der Waals surface area contributed by atoms with Gasteiger partial charge in [0, 0.05) is 23.6 Å². The van der Waals surface area contributed by atoms with E-state index in [-0.39, 0.29) is 17.7 Å². The van der Waals surface area contributed by atoms with Gasteiger partial charge in [-0.15, -0.1) is 0 Å². The Bertz CT molecular complexity index is 1270. The number of hydrogen-bond acceptors (Lipinski definition) is 1. The Balaban J connectivity index is 1.97. The van der Waals surface area contributed by atoms with E-state index in [1.165, 1.54) is 18.1 Å². The van der Waals surface area contributed by atoms with Gasteiger partial charge in [-0.3, -0.25) is 0 Å². The van der Waals surface area contributed by atoms with Crippen LogP contribution in [-0.4, -0.2) is 6.18 Å². The molecule has 0 N–H and O–H groups in total. The summed E-state index contributed by atoms with van der Waals surface area (Å²) in [5.74, 6) is -7.65. The van der Waals surface area contributed by atoms with Gasteiger partial charge in [0.15, 0.2) is 0 Å². The molecule has 0 aliphatic heterocycles. The summed E-state index contributed by atoms with van der Waals surface area (Å²) in [6.07, 6.45) is -9.90. The van der Waals surface area contributed by atoms with Crippen molar-refractivity contribution in [2.75, 3.05) is 0 Å². The van der Waals surface area contributed by atoms with Gasteiger partial charge in [0.1, 0.15) is 40.4 Å². The highest BCUT2D eigenvalue weighted by Gasteiger charge is 2.41. The number of ether oxygens (including phenoxy) is 1.